The van der Waals surface area contributed by atoms with Gasteiger partial charge >= 0.3 is 5.97 Å². The van der Waals surface area contributed by atoms with Crippen LogP contribution in [-0.2, 0) is 4.79 Å². The van der Waals surface area contributed by atoms with Gasteiger partial charge in [-0.15, -0.1) is 0 Å². The van der Waals surface area contributed by atoms with Gasteiger partial charge < -0.3 is 10.8 Å². The third-order valence-corrected chi connectivity index (χ3v) is 2.61. The fourth-order valence-electron chi connectivity index (χ4n) is 1.67. The zero-order valence-corrected chi connectivity index (χ0v) is 8.84. The summed E-state index contributed by atoms with van der Waals surface area (Å²) in [7, 11) is 0. The summed E-state index contributed by atoms with van der Waals surface area (Å²) < 4.78 is 0. The number of nitrogens with zero attached hydrogens (tertiary/aromatic N) is 1. The van der Waals surface area contributed by atoms with E-state index in [-0.39, 0.29) is 0 Å². The van der Waals surface area contributed by atoms with Gasteiger partial charge in [-0.1, -0.05) is 12.1 Å². The van der Waals surface area contributed by atoms with Crippen LogP contribution in [0.4, 0.5) is 0 Å². The predicted molar refractivity (Wildman–Crippen MR) is 61.0 cm³/mol. The molecule has 2 aromatic rings. The molecule has 0 bridgehead atoms. The van der Waals surface area contributed by atoms with Gasteiger partial charge in [0.1, 0.15) is 6.04 Å². The highest BCUT2D eigenvalue weighted by molar-refractivity contribution is 5.86. The van der Waals surface area contributed by atoms with Crippen molar-refractivity contribution < 1.29 is 9.90 Å². The average molecular weight is 216 g/mol. The highest BCUT2D eigenvalue weighted by Gasteiger charge is 2.14. The van der Waals surface area contributed by atoms with Gasteiger partial charge in [0.2, 0.25) is 0 Å². The number of carboxylic acid groups (broad SMARTS) is 1. The van der Waals surface area contributed by atoms with Gasteiger partial charge in [-0.05, 0) is 30.0 Å². The number of rotatable bonds is 2. The molecule has 1 unspecified atom stereocenters. The molecule has 0 aliphatic carbocycles. The molecule has 0 fully saturated rings. The first kappa shape index (κ1) is 10.6. The Bertz CT molecular complexity index is 552. The lowest BCUT2D eigenvalue weighted by Gasteiger charge is -2.08. The van der Waals surface area contributed by atoms with E-state index in [9.17, 15) is 4.79 Å². The van der Waals surface area contributed by atoms with Gasteiger partial charge in [-0.3, -0.25) is 9.78 Å². The first-order valence-electron chi connectivity index (χ1n) is 4.93. The van der Waals surface area contributed by atoms with E-state index in [4.69, 9.17) is 10.8 Å². The molecule has 0 spiro atoms. The number of nitrogens with two attached hydrogens (primary N) is 1. The number of hydrogen-bond donors (Lipinski definition) is 2. The molecule has 0 aliphatic heterocycles. The molecule has 3 N–H and O–H groups in total. The van der Waals surface area contributed by atoms with Crippen molar-refractivity contribution in [3.63, 3.8) is 0 Å². The summed E-state index contributed by atoms with van der Waals surface area (Å²) in [4.78, 5) is 14.9. The van der Waals surface area contributed by atoms with Crippen molar-refractivity contribution in [2.75, 3.05) is 0 Å². The minimum absolute atomic E-state index is 0.594. The standard InChI is InChI=1S/C12H12N2O2/c1-7-10-6-9(11(13)12(15)16)3-2-8(10)4-5-14-7/h2-6,11H,13H2,1H3,(H,15,16). The molecule has 0 amide bonds. The number of pyridine rings is 1. The molecule has 0 saturated carbocycles. The van der Waals surface area contributed by atoms with E-state index in [0.717, 1.165) is 16.5 Å². The van der Waals surface area contributed by atoms with E-state index >= 15 is 0 Å². The van der Waals surface area contributed by atoms with Crippen LogP contribution < -0.4 is 5.73 Å². The van der Waals surface area contributed by atoms with Crippen LogP contribution in [0.3, 0.4) is 0 Å². The van der Waals surface area contributed by atoms with Crippen LogP contribution in [0.15, 0.2) is 30.5 Å². The van der Waals surface area contributed by atoms with E-state index in [1.165, 1.54) is 0 Å². The largest absolute Gasteiger partial charge is 0.480 e. The Labute approximate surface area is 92.7 Å². The molecule has 1 aromatic carbocycles. The Kier molecular flexibility index (Phi) is 2.58. The molecule has 1 atom stereocenters. The third kappa shape index (κ3) is 1.75. The third-order valence-electron chi connectivity index (χ3n) is 2.61. The molecule has 1 heterocycles. The number of aliphatic carboxylic acids is 1. The zero-order valence-electron chi connectivity index (χ0n) is 8.84. The summed E-state index contributed by atoms with van der Waals surface area (Å²) in [5, 5.41) is 10.8. The maximum atomic E-state index is 10.8. The molecule has 82 valence electrons. The molecule has 2 rings (SSSR count). The monoisotopic (exact) mass is 216 g/mol. The minimum atomic E-state index is -1.03. The maximum Gasteiger partial charge on any atom is 0.325 e. The summed E-state index contributed by atoms with van der Waals surface area (Å²) in [6.07, 6.45) is 1.73. The molecule has 4 nitrogen and oxygen atoms in total. The molecule has 1 aromatic heterocycles. The highest BCUT2D eigenvalue weighted by Crippen LogP contribution is 2.21. The maximum absolute atomic E-state index is 10.8. The van der Waals surface area contributed by atoms with E-state index in [1.807, 2.05) is 19.1 Å². The second-order valence-corrected chi connectivity index (χ2v) is 3.69. The number of carboxylic acids is 1. The molecule has 0 aliphatic rings. The Hall–Kier alpha value is -1.94. The molecule has 0 saturated heterocycles. The summed E-state index contributed by atoms with van der Waals surface area (Å²) in [6.45, 7) is 1.89. The van der Waals surface area contributed by atoms with Crippen LogP contribution in [0.2, 0.25) is 0 Å². The van der Waals surface area contributed by atoms with Crippen molar-refractivity contribution >= 4 is 16.7 Å². The van der Waals surface area contributed by atoms with Crippen molar-refractivity contribution in [3.8, 4) is 0 Å². The average Bonchev–Trinajstić information content (AvgIpc) is 2.28. The van der Waals surface area contributed by atoms with Crippen LogP contribution in [0, 0.1) is 6.92 Å². The van der Waals surface area contributed by atoms with Gasteiger partial charge in [0.15, 0.2) is 0 Å². The zero-order chi connectivity index (χ0) is 11.7. The van der Waals surface area contributed by atoms with Crippen LogP contribution in [0.25, 0.3) is 10.8 Å². The van der Waals surface area contributed by atoms with Gasteiger partial charge in [-0.25, -0.2) is 0 Å². The molecular formula is C12H12N2O2. The van der Waals surface area contributed by atoms with Crippen LogP contribution in [-0.4, -0.2) is 16.1 Å². The lowest BCUT2D eigenvalue weighted by Crippen LogP contribution is -2.20. The fraction of sp³-hybridized carbons (Fsp3) is 0.167. The molecule has 4 heteroatoms. The predicted octanol–water partition coefficient (Wildman–Crippen LogP) is 1.63. The second-order valence-electron chi connectivity index (χ2n) is 3.69. The Balaban J connectivity index is 2.59. The van der Waals surface area contributed by atoms with Gasteiger partial charge in [0, 0.05) is 17.3 Å². The normalized spacial score (nSPS) is 12.6. The van der Waals surface area contributed by atoms with Crippen LogP contribution >= 0.6 is 0 Å². The number of fused-ring (bicyclic) bond motifs is 1. The Morgan fingerprint density at radius 2 is 2.19 bits per heavy atom. The molecular weight excluding hydrogens is 204 g/mol. The first-order valence-corrected chi connectivity index (χ1v) is 4.93. The van der Waals surface area contributed by atoms with Crippen molar-refractivity contribution in [1.29, 1.82) is 0 Å². The lowest BCUT2D eigenvalue weighted by atomic mass is 10.0. The topological polar surface area (TPSA) is 76.2 Å². The van der Waals surface area contributed by atoms with Crippen LogP contribution in [0.5, 0.6) is 0 Å². The van der Waals surface area contributed by atoms with Gasteiger partial charge in [0.05, 0.1) is 0 Å². The summed E-state index contributed by atoms with van der Waals surface area (Å²) in [5.41, 5.74) is 7.02. The number of aryl methyl sites for hydroxylation is 1. The smallest absolute Gasteiger partial charge is 0.325 e. The number of carbonyl (C=O) groups is 1. The fourth-order valence-corrected chi connectivity index (χ4v) is 1.67. The van der Waals surface area contributed by atoms with E-state index in [0.29, 0.717) is 5.56 Å². The number of aromatic nitrogens is 1. The lowest BCUT2D eigenvalue weighted by molar-refractivity contribution is -0.138. The van der Waals surface area contributed by atoms with Crippen molar-refractivity contribution in [2.45, 2.75) is 13.0 Å². The summed E-state index contributed by atoms with van der Waals surface area (Å²) in [6, 6.07) is 6.29. The highest BCUT2D eigenvalue weighted by atomic mass is 16.4. The molecule has 16 heavy (non-hydrogen) atoms. The van der Waals surface area contributed by atoms with E-state index < -0.39 is 12.0 Å². The van der Waals surface area contributed by atoms with Crippen molar-refractivity contribution in [3.05, 3.63) is 41.7 Å². The minimum Gasteiger partial charge on any atom is -0.480 e. The quantitative estimate of drug-likeness (QED) is 0.799. The Morgan fingerprint density at radius 3 is 2.88 bits per heavy atom. The summed E-state index contributed by atoms with van der Waals surface area (Å²) >= 11 is 0. The second kappa shape index (κ2) is 3.90. The molecule has 0 radical (unpaired) electrons. The Morgan fingerprint density at radius 1 is 1.44 bits per heavy atom. The number of hydrogen-bond acceptors (Lipinski definition) is 3. The van der Waals surface area contributed by atoms with Crippen molar-refractivity contribution in [1.82, 2.24) is 4.98 Å². The van der Waals surface area contributed by atoms with E-state index in [1.54, 1.807) is 18.3 Å². The van der Waals surface area contributed by atoms with Gasteiger partial charge in [-0.2, -0.15) is 0 Å². The first-order chi connectivity index (χ1) is 7.59. The SMILES string of the molecule is Cc1nccc2ccc(C(N)C(=O)O)cc12. The van der Waals surface area contributed by atoms with Crippen molar-refractivity contribution in [2.24, 2.45) is 5.73 Å². The van der Waals surface area contributed by atoms with E-state index in [2.05, 4.69) is 4.98 Å². The summed E-state index contributed by atoms with van der Waals surface area (Å²) in [5.74, 6) is -1.03. The van der Waals surface area contributed by atoms with Crippen LogP contribution in [0.1, 0.15) is 17.3 Å². The number of benzene rings is 1. The van der Waals surface area contributed by atoms with Gasteiger partial charge in [0.25, 0.3) is 0 Å².